The van der Waals surface area contributed by atoms with Crippen LogP contribution in [-0.4, -0.2) is 36.3 Å². The Morgan fingerprint density at radius 2 is 2.04 bits per heavy atom. The SMILES string of the molecule is Cc1ccc(CCC(=O)NCCCN2CCCCCC2=O)c(C)c1. The summed E-state index contributed by atoms with van der Waals surface area (Å²) in [4.78, 5) is 25.8. The highest BCUT2D eigenvalue weighted by Gasteiger charge is 2.15. The van der Waals surface area contributed by atoms with Crippen LogP contribution in [0, 0.1) is 13.8 Å². The number of nitrogens with zero attached hydrogens (tertiary/aromatic N) is 1. The lowest BCUT2D eigenvalue weighted by molar-refractivity contribution is -0.130. The van der Waals surface area contributed by atoms with E-state index in [1.165, 1.54) is 16.7 Å². The molecular formula is C20H30N2O2. The molecular weight excluding hydrogens is 300 g/mol. The molecule has 2 rings (SSSR count). The zero-order chi connectivity index (χ0) is 17.4. The molecule has 0 bridgehead atoms. The van der Waals surface area contributed by atoms with E-state index in [0.29, 0.717) is 19.4 Å². The molecule has 1 aromatic carbocycles. The second kappa shape index (κ2) is 9.45. The molecule has 4 nitrogen and oxygen atoms in total. The van der Waals surface area contributed by atoms with E-state index in [9.17, 15) is 9.59 Å². The first kappa shape index (κ1) is 18.5. The number of hydrogen-bond acceptors (Lipinski definition) is 2. The van der Waals surface area contributed by atoms with Crippen molar-refractivity contribution in [3.05, 3.63) is 34.9 Å². The molecule has 1 fully saturated rings. The van der Waals surface area contributed by atoms with Gasteiger partial charge in [0.15, 0.2) is 0 Å². The number of carbonyl (C=O) groups is 2. The summed E-state index contributed by atoms with van der Waals surface area (Å²) < 4.78 is 0. The monoisotopic (exact) mass is 330 g/mol. The van der Waals surface area contributed by atoms with Crippen LogP contribution in [0.1, 0.15) is 55.2 Å². The quantitative estimate of drug-likeness (QED) is 0.781. The standard InChI is InChI=1S/C20H30N2O2/c1-16-8-9-18(17(2)15-16)10-11-19(23)21-12-6-14-22-13-5-3-4-7-20(22)24/h8-9,15H,3-7,10-14H2,1-2H3,(H,21,23). The smallest absolute Gasteiger partial charge is 0.222 e. The van der Waals surface area contributed by atoms with Gasteiger partial charge >= 0.3 is 0 Å². The molecule has 1 aliphatic rings. The number of hydrogen-bond donors (Lipinski definition) is 1. The third-order valence-corrected chi connectivity index (χ3v) is 4.72. The lowest BCUT2D eigenvalue weighted by Crippen LogP contribution is -2.34. The molecule has 24 heavy (non-hydrogen) atoms. The number of carbonyl (C=O) groups excluding carboxylic acids is 2. The van der Waals surface area contributed by atoms with Crippen molar-refractivity contribution in [2.45, 2.75) is 58.8 Å². The molecule has 1 N–H and O–H groups in total. The maximum absolute atomic E-state index is 12.0. The Labute approximate surface area is 145 Å². The summed E-state index contributed by atoms with van der Waals surface area (Å²) in [6, 6.07) is 6.37. The van der Waals surface area contributed by atoms with Gasteiger partial charge in [0.25, 0.3) is 0 Å². The average Bonchev–Trinajstić information content (AvgIpc) is 2.75. The molecule has 0 unspecified atom stereocenters. The topological polar surface area (TPSA) is 49.4 Å². The number of amides is 2. The van der Waals surface area contributed by atoms with Crippen molar-refractivity contribution in [2.24, 2.45) is 0 Å². The van der Waals surface area contributed by atoms with Gasteiger partial charge in [0.05, 0.1) is 0 Å². The summed E-state index contributed by atoms with van der Waals surface area (Å²) in [7, 11) is 0. The molecule has 1 heterocycles. The molecule has 0 radical (unpaired) electrons. The van der Waals surface area contributed by atoms with Crippen LogP contribution in [0.3, 0.4) is 0 Å². The van der Waals surface area contributed by atoms with E-state index < -0.39 is 0 Å². The largest absolute Gasteiger partial charge is 0.356 e. The molecule has 0 spiro atoms. The van der Waals surface area contributed by atoms with Gasteiger partial charge < -0.3 is 10.2 Å². The van der Waals surface area contributed by atoms with Crippen molar-refractivity contribution in [3.63, 3.8) is 0 Å². The molecule has 1 saturated heterocycles. The van der Waals surface area contributed by atoms with Gasteiger partial charge in [0.2, 0.25) is 11.8 Å². The van der Waals surface area contributed by atoms with Crippen molar-refractivity contribution in [1.29, 1.82) is 0 Å². The Balaban J connectivity index is 1.63. The second-order valence-electron chi connectivity index (χ2n) is 6.82. The van der Waals surface area contributed by atoms with Crippen LogP contribution in [0.5, 0.6) is 0 Å². The second-order valence-corrected chi connectivity index (χ2v) is 6.82. The van der Waals surface area contributed by atoms with Gasteiger partial charge in [-0.1, -0.05) is 30.2 Å². The molecule has 1 aromatic rings. The van der Waals surface area contributed by atoms with Crippen molar-refractivity contribution in [3.8, 4) is 0 Å². The van der Waals surface area contributed by atoms with Crippen LogP contribution < -0.4 is 5.32 Å². The normalized spacial score (nSPS) is 15.2. The first-order valence-corrected chi connectivity index (χ1v) is 9.17. The summed E-state index contributed by atoms with van der Waals surface area (Å²) in [6.45, 7) is 6.46. The first-order chi connectivity index (χ1) is 11.6. The van der Waals surface area contributed by atoms with Crippen LogP contribution in [0.15, 0.2) is 18.2 Å². The summed E-state index contributed by atoms with van der Waals surface area (Å²) in [6.07, 6.45) is 6.09. The highest BCUT2D eigenvalue weighted by molar-refractivity contribution is 5.77. The van der Waals surface area contributed by atoms with Gasteiger partial charge in [-0.15, -0.1) is 0 Å². The fourth-order valence-corrected chi connectivity index (χ4v) is 3.24. The zero-order valence-corrected chi connectivity index (χ0v) is 15.1. The molecule has 1 aliphatic heterocycles. The summed E-state index contributed by atoms with van der Waals surface area (Å²) >= 11 is 0. The Morgan fingerprint density at radius 3 is 2.83 bits per heavy atom. The molecule has 4 heteroatoms. The summed E-state index contributed by atoms with van der Waals surface area (Å²) in [5.41, 5.74) is 3.75. The van der Waals surface area contributed by atoms with E-state index in [-0.39, 0.29) is 11.8 Å². The van der Waals surface area contributed by atoms with Crippen molar-refractivity contribution in [2.75, 3.05) is 19.6 Å². The highest BCUT2D eigenvalue weighted by atomic mass is 16.2. The predicted octanol–water partition coefficient (Wildman–Crippen LogP) is 3.14. The Bertz CT molecular complexity index is 569. The third-order valence-electron chi connectivity index (χ3n) is 4.72. The lowest BCUT2D eigenvalue weighted by Gasteiger charge is -2.20. The molecule has 0 atom stereocenters. The number of aryl methyl sites for hydroxylation is 3. The van der Waals surface area contributed by atoms with Crippen molar-refractivity contribution < 1.29 is 9.59 Å². The fraction of sp³-hybridized carbons (Fsp3) is 0.600. The van der Waals surface area contributed by atoms with E-state index in [4.69, 9.17) is 0 Å². The van der Waals surface area contributed by atoms with Gasteiger partial charge in [-0.25, -0.2) is 0 Å². The predicted molar refractivity (Wildman–Crippen MR) is 96.9 cm³/mol. The Hall–Kier alpha value is -1.84. The van der Waals surface area contributed by atoms with Crippen molar-refractivity contribution >= 4 is 11.8 Å². The molecule has 0 saturated carbocycles. The van der Waals surface area contributed by atoms with Crippen LogP contribution >= 0.6 is 0 Å². The van der Waals surface area contributed by atoms with Gasteiger partial charge in [-0.3, -0.25) is 9.59 Å². The zero-order valence-electron chi connectivity index (χ0n) is 15.1. The summed E-state index contributed by atoms with van der Waals surface area (Å²) in [5, 5.41) is 2.98. The molecule has 2 amide bonds. The van der Waals surface area contributed by atoms with Crippen molar-refractivity contribution in [1.82, 2.24) is 10.2 Å². The van der Waals surface area contributed by atoms with E-state index in [2.05, 4.69) is 37.4 Å². The third kappa shape index (κ3) is 5.99. The van der Waals surface area contributed by atoms with E-state index in [0.717, 1.165) is 45.2 Å². The van der Waals surface area contributed by atoms with Crippen LogP contribution in [0.25, 0.3) is 0 Å². The molecule has 132 valence electrons. The minimum Gasteiger partial charge on any atom is -0.356 e. The number of likely N-dealkylation sites (tertiary alicyclic amines) is 1. The van der Waals surface area contributed by atoms with Crippen LogP contribution in [0.4, 0.5) is 0 Å². The Morgan fingerprint density at radius 1 is 1.21 bits per heavy atom. The fourth-order valence-electron chi connectivity index (χ4n) is 3.24. The van der Waals surface area contributed by atoms with E-state index in [1.807, 2.05) is 4.90 Å². The minimum absolute atomic E-state index is 0.0946. The lowest BCUT2D eigenvalue weighted by atomic mass is 10.0. The van der Waals surface area contributed by atoms with Gasteiger partial charge in [0.1, 0.15) is 0 Å². The number of nitrogens with one attached hydrogen (secondary N) is 1. The molecule has 0 aliphatic carbocycles. The molecule has 0 aromatic heterocycles. The van der Waals surface area contributed by atoms with Gasteiger partial charge in [-0.2, -0.15) is 0 Å². The number of rotatable bonds is 7. The maximum atomic E-state index is 12.0. The Kier molecular flexibility index (Phi) is 7.29. The number of benzene rings is 1. The van der Waals surface area contributed by atoms with E-state index >= 15 is 0 Å². The van der Waals surface area contributed by atoms with Gasteiger partial charge in [-0.05, 0) is 50.7 Å². The first-order valence-electron chi connectivity index (χ1n) is 9.17. The maximum Gasteiger partial charge on any atom is 0.222 e. The van der Waals surface area contributed by atoms with Crippen LogP contribution in [-0.2, 0) is 16.0 Å². The van der Waals surface area contributed by atoms with E-state index in [1.54, 1.807) is 0 Å². The average molecular weight is 330 g/mol. The highest BCUT2D eigenvalue weighted by Crippen LogP contribution is 2.13. The van der Waals surface area contributed by atoms with Gasteiger partial charge in [0, 0.05) is 32.5 Å². The summed E-state index contributed by atoms with van der Waals surface area (Å²) in [5.74, 6) is 0.367. The van der Waals surface area contributed by atoms with Crippen LogP contribution in [0.2, 0.25) is 0 Å². The minimum atomic E-state index is 0.0946.